The van der Waals surface area contributed by atoms with Crippen LogP contribution in [-0.4, -0.2) is 15.2 Å². The highest BCUT2D eigenvalue weighted by Crippen LogP contribution is 2.32. The van der Waals surface area contributed by atoms with E-state index in [1.54, 1.807) is 24.5 Å². The van der Waals surface area contributed by atoms with E-state index in [4.69, 9.17) is 0 Å². The van der Waals surface area contributed by atoms with Gasteiger partial charge in [-0.1, -0.05) is 48.5 Å². The van der Waals surface area contributed by atoms with Crippen molar-refractivity contribution in [3.8, 4) is 0 Å². The van der Waals surface area contributed by atoms with Gasteiger partial charge in [-0.05, 0) is 22.6 Å². The van der Waals surface area contributed by atoms with Gasteiger partial charge < -0.3 is 10.2 Å². The second-order valence-electron chi connectivity index (χ2n) is 4.74. The molecule has 1 heterocycles. The Morgan fingerprint density at radius 2 is 1.60 bits per heavy atom. The summed E-state index contributed by atoms with van der Waals surface area (Å²) in [6.45, 7) is 0. The summed E-state index contributed by atoms with van der Waals surface area (Å²) >= 11 is 0. The number of benzene rings is 2. The summed E-state index contributed by atoms with van der Waals surface area (Å²) in [5, 5.41) is 22.7. The fraction of sp³-hybridized carbons (Fsp3) is 0.118. The summed E-state index contributed by atoms with van der Waals surface area (Å²) in [5.41, 5.74) is 1.41. The average molecular weight is 265 g/mol. The smallest absolute Gasteiger partial charge is 0.110 e. The Kier molecular flexibility index (Phi) is 3.46. The minimum atomic E-state index is -0.969. The standard InChI is InChI=1S/C17H15NO2/c19-16(12-5-2-1-3-6-12)17(20)15-8-4-7-13-11-18-10-9-14(13)15/h1-11,16-17,19-20H. The van der Waals surface area contributed by atoms with Crippen LogP contribution in [-0.2, 0) is 0 Å². The number of pyridine rings is 1. The molecule has 0 bridgehead atoms. The van der Waals surface area contributed by atoms with E-state index in [0.29, 0.717) is 11.1 Å². The van der Waals surface area contributed by atoms with Crippen molar-refractivity contribution in [3.05, 3.63) is 78.1 Å². The third-order valence-electron chi connectivity index (χ3n) is 3.47. The number of aliphatic hydroxyl groups is 2. The van der Waals surface area contributed by atoms with Crippen LogP contribution >= 0.6 is 0 Å². The van der Waals surface area contributed by atoms with Crippen LogP contribution in [0.1, 0.15) is 23.3 Å². The van der Waals surface area contributed by atoms with Crippen molar-refractivity contribution in [2.75, 3.05) is 0 Å². The topological polar surface area (TPSA) is 53.4 Å². The van der Waals surface area contributed by atoms with Crippen molar-refractivity contribution in [1.29, 1.82) is 0 Å². The molecule has 3 rings (SSSR count). The van der Waals surface area contributed by atoms with E-state index in [9.17, 15) is 10.2 Å². The molecule has 20 heavy (non-hydrogen) atoms. The second-order valence-corrected chi connectivity index (χ2v) is 4.74. The van der Waals surface area contributed by atoms with Gasteiger partial charge in [-0.15, -0.1) is 0 Å². The van der Waals surface area contributed by atoms with Crippen molar-refractivity contribution in [3.63, 3.8) is 0 Å². The lowest BCUT2D eigenvalue weighted by atomic mass is 9.95. The largest absolute Gasteiger partial charge is 0.385 e. The molecule has 100 valence electrons. The van der Waals surface area contributed by atoms with E-state index in [0.717, 1.165) is 10.8 Å². The summed E-state index contributed by atoms with van der Waals surface area (Å²) < 4.78 is 0. The van der Waals surface area contributed by atoms with Crippen LogP contribution < -0.4 is 0 Å². The quantitative estimate of drug-likeness (QED) is 0.765. The Balaban J connectivity index is 2.03. The Morgan fingerprint density at radius 1 is 0.800 bits per heavy atom. The fourth-order valence-electron chi connectivity index (χ4n) is 2.41. The number of rotatable bonds is 3. The Morgan fingerprint density at radius 3 is 2.40 bits per heavy atom. The fourth-order valence-corrected chi connectivity index (χ4v) is 2.41. The summed E-state index contributed by atoms with van der Waals surface area (Å²) in [5.74, 6) is 0. The molecular formula is C17H15NO2. The highest BCUT2D eigenvalue weighted by molar-refractivity contribution is 5.85. The van der Waals surface area contributed by atoms with Gasteiger partial charge in [0.15, 0.2) is 0 Å². The van der Waals surface area contributed by atoms with Crippen LogP contribution in [0, 0.1) is 0 Å². The van der Waals surface area contributed by atoms with Crippen molar-refractivity contribution in [2.45, 2.75) is 12.2 Å². The molecule has 0 saturated carbocycles. The molecule has 2 atom stereocenters. The van der Waals surface area contributed by atoms with Crippen LogP contribution in [0.4, 0.5) is 0 Å². The zero-order chi connectivity index (χ0) is 13.9. The molecule has 0 saturated heterocycles. The summed E-state index contributed by atoms with van der Waals surface area (Å²) in [6.07, 6.45) is 1.52. The van der Waals surface area contributed by atoms with Crippen molar-refractivity contribution < 1.29 is 10.2 Å². The van der Waals surface area contributed by atoms with E-state index in [1.165, 1.54) is 0 Å². The summed E-state index contributed by atoms with van der Waals surface area (Å²) in [6, 6.07) is 16.7. The number of aliphatic hydroxyl groups excluding tert-OH is 2. The molecular weight excluding hydrogens is 250 g/mol. The third-order valence-corrected chi connectivity index (χ3v) is 3.47. The number of hydrogen-bond acceptors (Lipinski definition) is 3. The first kappa shape index (κ1) is 12.8. The van der Waals surface area contributed by atoms with Crippen molar-refractivity contribution >= 4 is 10.8 Å². The lowest BCUT2D eigenvalue weighted by Gasteiger charge is -2.20. The minimum absolute atomic E-state index is 0.700. The van der Waals surface area contributed by atoms with Gasteiger partial charge in [0, 0.05) is 17.8 Å². The summed E-state index contributed by atoms with van der Waals surface area (Å²) in [7, 11) is 0. The monoisotopic (exact) mass is 265 g/mol. The number of hydrogen-bond donors (Lipinski definition) is 2. The SMILES string of the molecule is OC(c1ccccc1)C(O)c1cccc2cnccc12. The van der Waals surface area contributed by atoms with Crippen molar-refractivity contribution in [1.82, 2.24) is 4.98 Å². The maximum atomic E-state index is 10.5. The van der Waals surface area contributed by atoms with Crippen molar-refractivity contribution in [2.24, 2.45) is 0 Å². The lowest BCUT2D eigenvalue weighted by molar-refractivity contribution is 0.0181. The van der Waals surface area contributed by atoms with Gasteiger partial charge in [0.1, 0.15) is 12.2 Å². The van der Waals surface area contributed by atoms with E-state index < -0.39 is 12.2 Å². The zero-order valence-corrected chi connectivity index (χ0v) is 10.8. The first-order valence-electron chi connectivity index (χ1n) is 6.51. The predicted molar refractivity (Wildman–Crippen MR) is 78.1 cm³/mol. The number of nitrogens with zero attached hydrogens (tertiary/aromatic N) is 1. The average Bonchev–Trinajstić information content (AvgIpc) is 2.54. The maximum absolute atomic E-state index is 10.5. The molecule has 3 heteroatoms. The molecule has 2 N–H and O–H groups in total. The molecule has 0 aliphatic rings. The molecule has 2 aromatic carbocycles. The zero-order valence-electron chi connectivity index (χ0n) is 10.8. The van der Waals surface area contributed by atoms with Crippen LogP contribution in [0.3, 0.4) is 0 Å². The number of aromatic nitrogens is 1. The molecule has 0 spiro atoms. The van der Waals surface area contributed by atoms with Gasteiger partial charge in [-0.25, -0.2) is 0 Å². The van der Waals surface area contributed by atoms with Gasteiger partial charge in [0.2, 0.25) is 0 Å². The minimum Gasteiger partial charge on any atom is -0.385 e. The summed E-state index contributed by atoms with van der Waals surface area (Å²) in [4.78, 5) is 4.07. The lowest BCUT2D eigenvalue weighted by Crippen LogP contribution is -2.10. The Bertz CT molecular complexity index is 707. The van der Waals surface area contributed by atoms with E-state index in [2.05, 4.69) is 4.98 Å². The third kappa shape index (κ3) is 2.29. The van der Waals surface area contributed by atoms with Crippen LogP contribution in [0.5, 0.6) is 0 Å². The molecule has 0 fully saturated rings. The highest BCUT2D eigenvalue weighted by atomic mass is 16.3. The normalized spacial score (nSPS) is 14.1. The van der Waals surface area contributed by atoms with Crippen LogP contribution in [0.15, 0.2) is 67.0 Å². The van der Waals surface area contributed by atoms with E-state index >= 15 is 0 Å². The van der Waals surface area contributed by atoms with Gasteiger partial charge in [-0.3, -0.25) is 4.98 Å². The Hall–Kier alpha value is -2.23. The van der Waals surface area contributed by atoms with Gasteiger partial charge in [0.05, 0.1) is 0 Å². The van der Waals surface area contributed by atoms with E-state index in [1.807, 2.05) is 42.5 Å². The molecule has 3 nitrogen and oxygen atoms in total. The van der Waals surface area contributed by atoms with E-state index in [-0.39, 0.29) is 0 Å². The molecule has 3 aromatic rings. The first-order valence-corrected chi connectivity index (χ1v) is 6.51. The molecule has 0 aliphatic heterocycles. The Labute approximate surface area is 117 Å². The second kappa shape index (κ2) is 5.41. The molecule has 2 unspecified atom stereocenters. The molecule has 0 amide bonds. The first-order chi connectivity index (χ1) is 9.77. The van der Waals surface area contributed by atoms with Gasteiger partial charge in [0.25, 0.3) is 0 Å². The molecule has 0 radical (unpaired) electrons. The highest BCUT2D eigenvalue weighted by Gasteiger charge is 2.21. The van der Waals surface area contributed by atoms with Crippen LogP contribution in [0.25, 0.3) is 10.8 Å². The van der Waals surface area contributed by atoms with Gasteiger partial charge in [-0.2, -0.15) is 0 Å². The molecule has 0 aliphatic carbocycles. The van der Waals surface area contributed by atoms with Gasteiger partial charge >= 0.3 is 0 Å². The predicted octanol–water partition coefficient (Wildman–Crippen LogP) is 3.00. The maximum Gasteiger partial charge on any atom is 0.110 e. The van der Waals surface area contributed by atoms with Crippen LogP contribution in [0.2, 0.25) is 0 Å². The number of fused-ring (bicyclic) bond motifs is 1. The molecule has 1 aromatic heterocycles.